The van der Waals surface area contributed by atoms with Crippen LogP contribution in [-0.2, 0) is 38.4 Å². The summed E-state index contributed by atoms with van der Waals surface area (Å²) in [5.41, 5.74) is 0.146. The number of amides is 4. The predicted molar refractivity (Wildman–Crippen MR) is 79.4 cm³/mol. The number of carbonyl (C=O) groups is 6. The molecule has 0 atom stereocenters. The third-order valence-electron chi connectivity index (χ3n) is 2.88. The molecule has 0 saturated carbocycles. The molecule has 134 valence electrons. The maximum absolute atomic E-state index is 10.9. The molecule has 2 fully saturated rings. The molecule has 2 heterocycles. The van der Waals surface area contributed by atoms with Crippen molar-refractivity contribution in [3.63, 3.8) is 0 Å². The fourth-order valence-electron chi connectivity index (χ4n) is 1.60. The maximum atomic E-state index is 10.9. The highest BCUT2D eigenvalue weighted by atomic mass is 16.7. The Kier molecular flexibility index (Phi) is 6.73. The highest BCUT2D eigenvalue weighted by Crippen LogP contribution is 2.13. The minimum Gasteiger partial charge on any atom is -0.326 e. The zero-order valence-electron chi connectivity index (χ0n) is 13.5. The average molecular weight is 352 g/mol. The summed E-state index contributed by atoms with van der Waals surface area (Å²) in [6.45, 7) is 7.89. The summed E-state index contributed by atoms with van der Waals surface area (Å²) >= 11 is 0. The summed E-state index contributed by atoms with van der Waals surface area (Å²) in [7, 11) is 0. The molecule has 2 saturated heterocycles. The highest BCUT2D eigenvalue weighted by Gasteiger charge is 2.33. The van der Waals surface area contributed by atoms with E-state index in [4.69, 9.17) is 0 Å². The first-order chi connectivity index (χ1) is 11.7. The van der Waals surface area contributed by atoms with Gasteiger partial charge in [0.1, 0.15) is 0 Å². The van der Waals surface area contributed by atoms with Crippen LogP contribution in [0.1, 0.15) is 32.6 Å². The van der Waals surface area contributed by atoms with Gasteiger partial charge in [-0.15, -0.1) is 10.1 Å². The summed E-state index contributed by atoms with van der Waals surface area (Å²) < 4.78 is 0. The van der Waals surface area contributed by atoms with E-state index < -0.39 is 35.6 Å². The first kappa shape index (κ1) is 19.7. The molecular weight excluding hydrogens is 336 g/mol. The zero-order chi connectivity index (χ0) is 19.1. The lowest BCUT2D eigenvalue weighted by molar-refractivity contribution is -0.194. The Balaban J connectivity index is 0.000000251. The molecule has 2 aliphatic rings. The lowest BCUT2D eigenvalue weighted by Gasteiger charge is -2.11. The van der Waals surface area contributed by atoms with Crippen LogP contribution in [0.4, 0.5) is 0 Å². The number of nitrogens with zero attached hydrogens (tertiary/aromatic N) is 2. The molecule has 0 radical (unpaired) electrons. The Morgan fingerprint density at radius 2 is 1.24 bits per heavy atom. The predicted octanol–water partition coefficient (Wildman–Crippen LogP) is -0.0507. The van der Waals surface area contributed by atoms with Crippen molar-refractivity contribution in [2.45, 2.75) is 32.6 Å². The lowest BCUT2D eigenvalue weighted by atomic mass is 10.4. The van der Waals surface area contributed by atoms with Crippen molar-refractivity contribution in [2.75, 3.05) is 0 Å². The van der Waals surface area contributed by atoms with Crippen molar-refractivity contribution >= 4 is 35.6 Å². The second kappa shape index (κ2) is 8.52. The van der Waals surface area contributed by atoms with Gasteiger partial charge in [0.2, 0.25) is 0 Å². The van der Waals surface area contributed by atoms with Crippen LogP contribution < -0.4 is 0 Å². The molecule has 10 heteroatoms. The Morgan fingerprint density at radius 1 is 0.880 bits per heavy atom. The number of imide groups is 2. The fraction of sp³-hybridized carbons (Fsp3) is 0.333. The number of carbonyl (C=O) groups excluding carboxylic acids is 6. The molecule has 0 aromatic carbocycles. The molecule has 2 aliphatic heterocycles. The van der Waals surface area contributed by atoms with Gasteiger partial charge in [0.05, 0.1) is 0 Å². The third kappa shape index (κ3) is 5.37. The zero-order valence-corrected chi connectivity index (χ0v) is 13.5. The summed E-state index contributed by atoms with van der Waals surface area (Å²) in [5, 5.41) is 0.973. The molecule has 2 rings (SSSR count). The topological polar surface area (TPSA) is 127 Å². The number of hydroxylamine groups is 4. The van der Waals surface area contributed by atoms with Gasteiger partial charge in [0, 0.05) is 37.3 Å². The van der Waals surface area contributed by atoms with Gasteiger partial charge in [-0.3, -0.25) is 19.2 Å². The number of hydrogen-bond donors (Lipinski definition) is 0. The van der Waals surface area contributed by atoms with Crippen molar-refractivity contribution in [1.82, 2.24) is 10.1 Å². The molecule has 25 heavy (non-hydrogen) atoms. The van der Waals surface area contributed by atoms with E-state index in [2.05, 4.69) is 22.8 Å². The smallest absolute Gasteiger partial charge is 0.326 e. The van der Waals surface area contributed by atoms with Crippen LogP contribution in [0, 0.1) is 0 Å². The Labute approximate surface area is 142 Å². The number of rotatable bonds is 4. The van der Waals surface area contributed by atoms with Crippen molar-refractivity contribution in [2.24, 2.45) is 0 Å². The Hall–Kier alpha value is -3.30. The van der Waals surface area contributed by atoms with E-state index >= 15 is 0 Å². The molecular formula is C15H16N2O8. The van der Waals surface area contributed by atoms with E-state index in [-0.39, 0.29) is 31.3 Å². The van der Waals surface area contributed by atoms with E-state index in [1.165, 1.54) is 6.92 Å². The summed E-state index contributed by atoms with van der Waals surface area (Å²) in [4.78, 5) is 73.9. The molecule has 0 unspecified atom stereocenters. The van der Waals surface area contributed by atoms with Gasteiger partial charge >= 0.3 is 11.9 Å². The van der Waals surface area contributed by atoms with Crippen molar-refractivity contribution in [1.29, 1.82) is 0 Å². The quantitative estimate of drug-likeness (QED) is 0.509. The Bertz CT molecular complexity index is 634. The minimum atomic E-state index is -0.807. The van der Waals surface area contributed by atoms with Crippen LogP contribution >= 0.6 is 0 Å². The first-order valence-corrected chi connectivity index (χ1v) is 7.11. The maximum Gasteiger partial charge on any atom is 0.359 e. The van der Waals surface area contributed by atoms with Gasteiger partial charge in [-0.2, -0.15) is 0 Å². The SMILES string of the molecule is C=C(C)C(=O)ON1C(=O)CCC1=O.C=CC(=O)ON1C(=O)CCC1=O. The molecule has 0 N–H and O–H groups in total. The standard InChI is InChI=1S/C8H9NO4.C7H7NO4/c1-5(2)8(12)13-9-6(10)3-4-7(9)11;1-2-7(11)12-8-5(9)3-4-6(8)10/h1,3-4H2,2H3;2H,1,3-4H2. The van der Waals surface area contributed by atoms with E-state index in [1.54, 1.807) is 0 Å². The lowest BCUT2D eigenvalue weighted by Crippen LogP contribution is -2.32. The largest absolute Gasteiger partial charge is 0.359 e. The van der Waals surface area contributed by atoms with Crippen LogP contribution in [0.2, 0.25) is 0 Å². The molecule has 0 aliphatic carbocycles. The second-order valence-electron chi connectivity index (χ2n) is 4.94. The van der Waals surface area contributed by atoms with E-state index in [9.17, 15) is 28.8 Å². The van der Waals surface area contributed by atoms with Gasteiger partial charge in [-0.25, -0.2) is 9.59 Å². The normalized spacial score (nSPS) is 16.4. The van der Waals surface area contributed by atoms with Crippen LogP contribution in [0.15, 0.2) is 24.8 Å². The molecule has 10 nitrogen and oxygen atoms in total. The molecule has 0 aromatic rings. The Morgan fingerprint density at radius 3 is 1.56 bits per heavy atom. The average Bonchev–Trinajstić information content (AvgIpc) is 3.05. The van der Waals surface area contributed by atoms with Crippen molar-refractivity contribution in [3.8, 4) is 0 Å². The van der Waals surface area contributed by atoms with Gasteiger partial charge in [0.15, 0.2) is 0 Å². The molecule has 0 aromatic heterocycles. The van der Waals surface area contributed by atoms with Gasteiger partial charge < -0.3 is 9.68 Å². The van der Waals surface area contributed by atoms with Crippen LogP contribution in [-0.4, -0.2) is 45.7 Å². The summed E-state index contributed by atoms with van der Waals surface area (Å²) in [6, 6.07) is 0. The minimum absolute atomic E-state index is 0.0995. The summed E-state index contributed by atoms with van der Waals surface area (Å²) in [5.74, 6) is -3.52. The van der Waals surface area contributed by atoms with E-state index in [0.29, 0.717) is 10.1 Å². The van der Waals surface area contributed by atoms with Gasteiger partial charge in [-0.1, -0.05) is 13.2 Å². The van der Waals surface area contributed by atoms with Gasteiger partial charge in [0.25, 0.3) is 23.6 Å². The van der Waals surface area contributed by atoms with Crippen molar-refractivity contribution < 1.29 is 38.4 Å². The number of hydrogen-bond acceptors (Lipinski definition) is 8. The van der Waals surface area contributed by atoms with E-state index in [1.807, 2.05) is 0 Å². The van der Waals surface area contributed by atoms with Crippen molar-refractivity contribution in [3.05, 3.63) is 24.8 Å². The van der Waals surface area contributed by atoms with Crippen LogP contribution in [0.5, 0.6) is 0 Å². The van der Waals surface area contributed by atoms with Gasteiger partial charge in [-0.05, 0) is 6.92 Å². The van der Waals surface area contributed by atoms with E-state index in [0.717, 1.165) is 6.08 Å². The first-order valence-electron chi connectivity index (χ1n) is 7.11. The monoisotopic (exact) mass is 352 g/mol. The fourth-order valence-corrected chi connectivity index (χ4v) is 1.60. The third-order valence-corrected chi connectivity index (χ3v) is 2.88. The highest BCUT2D eigenvalue weighted by molar-refractivity contribution is 6.03. The molecule has 4 amide bonds. The van der Waals surface area contributed by atoms with Crippen LogP contribution in [0.25, 0.3) is 0 Å². The molecule has 0 spiro atoms. The summed E-state index contributed by atoms with van der Waals surface area (Å²) in [6.07, 6.45) is 1.29. The second-order valence-corrected chi connectivity index (χ2v) is 4.94. The van der Waals surface area contributed by atoms with Crippen LogP contribution in [0.3, 0.4) is 0 Å². The molecule has 0 bridgehead atoms.